The fourth-order valence-electron chi connectivity index (χ4n) is 2.06. The molecule has 0 fully saturated rings. The first kappa shape index (κ1) is 20.0. The van der Waals surface area contributed by atoms with E-state index >= 15 is 0 Å². The van der Waals surface area contributed by atoms with Gasteiger partial charge in [0.2, 0.25) is 0 Å². The van der Waals surface area contributed by atoms with Crippen molar-refractivity contribution >= 4 is 35.8 Å². The zero-order chi connectivity index (χ0) is 16.5. The van der Waals surface area contributed by atoms with Gasteiger partial charge >= 0.3 is 0 Å². The monoisotopic (exact) mass is 442 g/mol. The van der Waals surface area contributed by atoms with Gasteiger partial charge in [-0.15, -0.1) is 24.0 Å². The topological polar surface area (TPSA) is 78.7 Å². The van der Waals surface area contributed by atoms with Gasteiger partial charge in [0.15, 0.2) is 11.7 Å². The molecule has 7 heteroatoms. The summed E-state index contributed by atoms with van der Waals surface area (Å²) in [5.41, 5.74) is 2.46. The molecule has 1 aromatic heterocycles. The summed E-state index contributed by atoms with van der Waals surface area (Å²) in [6, 6.07) is 11.5. The number of benzene rings is 1. The maximum atomic E-state index is 11.7. The predicted octanol–water partition coefficient (Wildman–Crippen LogP) is 2.30. The molecule has 1 aromatic carbocycles. The second-order valence-corrected chi connectivity index (χ2v) is 5.01. The molecule has 0 aliphatic carbocycles. The second-order valence-electron chi connectivity index (χ2n) is 5.01. The summed E-state index contributed by atoms with van der Waals surface area (Å²) in [5, 5.41) is 9.17. The maximum absolute atomic E-state index is 11.7. The van der Waals surface area contributed by atoms with E-state index in [1.54, 1.807) is 19.2 Å². The number of guanidine groups is 1. The smallest absolute Gasteiger partial charge is 0.287 e. The molecule has 2 aromatic rings. The SMILES string of the molecule is CN=C(NCCNC(=O)c1ccco1)NCc1ccccc1C.I. The van der Waals surface area contributed by atoms with Gasteiger partial charge in [0, 0.05) is 26.7 Å². The Bertz CT molecular complexity index is 656. The minimum atomic E-state index is -0.223. The summed E-state index contributed by atoms with van der Waals surface area (Å²) in [5.74, 6) is 0.784. The third kappa shape index (κ3) is 6.23. The Labute approximate surface area is 159 Å². The molecule has 0 aliphatic heterocycles. The van der Waals surface area contributed by atoms with Crippen molar-refractivity contribution in [2.45, 2.75) is 13.5 Å². The summed E-state index contributed by atoms with van der Waals surface area (Å²) >= 11 is 0. The highest BCUT2D eigenvalue weighted by molar-refractivity contribution is 14.0. The van der Waals surface area contributed by atoms with E-state index in [4.69, 9.17) is 4.42 Å². The highest BCUT2D eigenvalue weighted by Crippen LogP contribution is 2.05. The van der Waals surface area contributed by atoms with Crippen LogP contribution in [0.25, 0.3) is 0 Å². The molecule has 0 atom stereocenters. The van der Waals surface area contributed by atoms with E-state index in [-0.39, 0.29) is 29.9 Å². The number of rotatable bonds is 6. The number of furan rings is 1. The fraction of sp³-hybridized carbons (Fsp3) is 0.294. The molecule has 0 bridgehead atoms. The van der Waals surface area contributed by atoms with Crippen LogP contribution in [0.3, 0.4) is 0 Å². The van der Waals surface area contributed by atoms with Crippen molar-refractivity contribution in [1.29, 1.82) is 0 Å². The van der Waals surface area contributed by atoms with Crippen molar-refractivity contribution in [3.8, 4) is 0 Å². The lowest BCUT2D eigenvalue weighted by molar-refractivity contribution is 0.0926. The summed E-state index contributed by atoms with van der Waals surface area (Å²) in [6.45, 7) is 3.83. The van der Waals surface area contributed by atoms with Crippen molar-refractivity contribution < 1.29 is 9.21 Å². The molecule has 1 amide bonds. The Morgan fingerprint density at radius 2 is 1.83 bits per heavy atom. The van der Waals surface area contributed by atoms with Crippen molar-refractivity contribution in [1.82, 2.24) is 16.0 Å². The molecule has 0 saturated carbocycles. The molecule has 0 unspecified atom stereocenters. The van der Waals surface area contributed by atoms with Crippen LogP contribution in [-0.2, 0) is 6.54 Å². The Morgan fingerprint density at radius 3 is 2.50 bits per heavy atom. The summed E-state index contributed by atoms with van der Waals surface area (Å²) in [7, 11) is 1.72. The van der Waals surface area contributed by atoms with Gasteiger partial charge in [-0.2, -0.15) is 0 Å². The lowest BCUT2D eigenvalue weighted by atomic mass is 10.1. The number of aliphatic imine (C=N–C) groups is 1. The first-order valence-electron chi connectivity index (χ1n) is 7.51. The molecule has 0 spiro atoms. The van der Waals surface area contributed by atoms with Crippen molar-refractivity contribution in [2.24, 2.45) is 4.99 Å². The third-order valence-electron chi connectivity index (χ3n) is 3.38. The number of carbonyl (C=O) groups is 1. The first-order chi connectivity index (χ1) is 11.2. The highest BCUT2D eigenvalue weighted by Gasteiger charge is 2.07. The van der Waals surface area contributed by atoms with E-state index in [0.29, 0.717) is 31.4 Å². The Kier molecular flexibility index (Phi) is 8.92. The maximum Gasteiger partial charge on any atom is 0.287 e. The molecular formula is C17H23IN4O2. The molecule has 2 rings (SSSR count). The number of hydrogen-bond donors (Lipinski definition) is 3. The molecule has 130 valence electrons. The number of hydrogen-bond acceptors (Lipinski definition) is 3. The summed E-state index contributed by atoms with van der Waals surface area (Å²) in [6.07, 6.45) is 1.48. The number of aryl methyl sites for hydroxylation is 1. The zero-order valence-corrected chi connectivity index (χ0v) is 16.2. The summed E-state index contributed by atoms with van der Waals surface area (Å²) < 4.78 is 5.02. The average molecular weight is 442 g/mol. The molecule has 0 aliphatic rings. The van der Waals surface area contributed by atoms with Crippen LogP contribution in [-0.4, -0.2) is 32.0 Å². The molecule has 0 saturated heterocycles. The first-order valence-corrected chi connectivity index (χ1v) is 7.51. The van der Waals surface area contributed by atoms with Gasteiger partial charge in [0.1, 0.15) is 0 Å². The highest BCUT2D eigenvalue weighted by atomic mass is 127. The number of carbonyl (C=O) groups excluding carboxylic acids is 1. The van der Waals surface area contributed by atoms with Crippen LogP contribution in [0.5, 0.6) is 0 Å². The average Bonchev–Trinajstić information content (AvgIpc) is 3.10. The van der Waals surface area contributed by atoms with Gasteiger partial charge in [-0.3, -0.25) is 9.79 Å². The number of amides is 1. The van der Waals surface area contributed by atoms with Crippen molar-refractivity contribution in [3.05, 3.63) is 59.5 Å². The van der Waals surface area contributed by atoms with E-state index in [0.717, 1.165) is 0 Å². The Morgan fingerprint density at radius 1 is 1.08 bits per heavy atom. The Hall–Kier alpha value is -2.03. The largest absolute Gasteiger partial charge is 0.459 e. The molecule has 24 heavy (non-hydrogen) atoms. The van der Waals surface area contributed by atoms with Crippen molar-refractivity contribution in [2.75, 3.05) is 20.1 Å². The van der Waals surface area contributed by atoms with E-state index in [1.807, 2.05) is 12.1 Å². The lowest BCUT2D eigenvalue weighted by Gasteiger charge is -2.13. The summed E-state index contributed by atoms with van der Waals surface area (Å²) in [4.78, 5) is 15.9. The van der Waals surface area contributed by atoms with Crippen LogP contribution >= 0.6 is 24.0 Å². The zero-order valence-electron chi connectivity index (χ0n) is 13.8. The minimum absolute atomic E-state index is 0. The second kappa shape index (κ2) is 10.7. The molecular weight excluding hydrogens is 419 g/mol. The lowest BCUT2D eigenvalue weighted by Crippen LogP contribution is -2.41. The molecule has 0 radical (unpaired) electrons. The standard InChI is InChI=1S/C17H22N4O2.HI/c1-13-6-3-4-7-14(13)12-21-17(18-2)20-10-9-19-16(22)15-8-5-11-23-15;/h3-8,11H,9-10,12H2,1-2H3,(H,19,22)(H2,18,20,21);1H. The van der Waals surface area contributed by atoms with E-state index in [2.05, 4.69) is 40.0 Å². The third-order valence-corrected chi connectivity index (χ3v) is 3.38. The van der Waals surface area contributed by atoms with Gasteiger partial charge in [-0.1, -0.05) is 24.3 Å². The van der Waals surface area contributed by atoms with Gasteiger partial charge in [0.25, 0.3) is 5.91 Å². The fourth-order valence-corrected chi connectivity index (χ4v) is 2.06. The number of nitrogens with zero attached hydrogens (tertiary/aromatic N) is 1. The van der Waals surface area contributed by atoms with Gasteiger partial charge in [-0.25, -0.2) is 0 Å². The van der Waals surface area contributed by atoms with Crippen molar-refractivity contribution in [3.63, 3.8) is 0 Å². The molecule has 1 heterocycles. The number of halogens is 1. The van der Waals surface area contributed by atoms with Gasteiger partial charge in [-0.05, 0) is 30.2 Å². The predicted molar refractivity (Wildman–Crippen MR) is 106 cm³/mol. The van der Waals surface area contributed by atoms with Crippen LogP contribution in [0.4, 0.5) is 0 Å². The van der Waals surface area contributed by atoms with Gasteiger partial charge < -0.3 is 20.4 Å². The van der Waals surface area contributed by atoms with E-state index in [9.17, 15) is 4.79 Å². The van der Waals surface area contributed by atoms with Gasteiger partial charge in [0.05, 0.1) is 6.26 Å². The van der Waals surface area contributed by atoms with E-state index in [1.165, 1.54) is 17.4 Å². The van der Waals surface area contributed by atoms with Crippen LogP contribution in [0.15, 0.2) is 52.1 Å². The number of nitrogens with one attached hydrogen (secondary N) is 3. The van der Waals surface area contributed by atoms with E-state index < -0.39 is 0 Å². The molecule has 6 nitrogen and oxygen atoms in total. The van der Waals surface area contributed by atoms with Crippen LogP contribution in [0.2, 0.25) is 0 Å². The minimum Gasteiger partial charge on any atom is -0.459 e. The quantitative estimate of drug-likeness (QED) is 0.278. The normalized spacial score (nSPS) is 10.7. The van der Waals surface area contributed by atoms with Crippen LogP contribution in [0, 0.1) is 6.92 Å². The Balaban J connectivity index is 0.00000288. The molecule has 3 N–H and O–H groups in total. The van der Waals surface area contributed by atoms with Crippen LogP contribution in [0.1, 0.15) is 21.7 Å². The van der Waals surface area contributed by atoms with Crippen LogP contribution < -0.4 is 16.0 Å².